The maximum Gasteiger partial charge on any atom is 0.133 e. The van der Waals surface area contributed by atoms with Crippen LogP contribution >= 0.6 is 0 Å². The van der Waals surface area contributed by atoms with Crippen LogP contribution in [0.3, 0.4) is 0 Å². The molecule has 0 radical (unpaired) electrons. The van der Waals surface area contributed by atoms with E-state index in [2.05, 4.69) is 30.7 Å². The lowest BCUT2D eigenvalue weighted by Crippen LogP contribution is -2.32. The van der Waals surface area contributed by atoms with E-state index in [1.807, 2.05) is 11.1 Å². The van der Waals surface area contributed by atoms with Crippen LogP contribution < -0.4 is 0 Å². The highest BCUT2D eigenvalue weighted by Crippen LogP contribution is 2.24. The lowest BCUT2D eigenvalue weighted by Gasteiger charge is -2.29. The summed E-state index contributed by atoms with van der Waals surface area (Å²) < 4.78 is 27.6. The van der Waals surface area contributed by atoms with Crippen LogP contribution in [0, 0.1) is 11.6 Å². The lowest BCUT2D eigenvalue weighted by molar-refractivity contribution is 0.235. The minimum atomic E-state index is -0.491. The average Bonchev–Trinajstić information content (AvgIpc) is 2.49. The van der Waals surface area contributed by atoms with Crippen molar-refractivity contribution < 1.29 is 8.78 Å². The Balaban J connectivity index is 1.79. The van der Waals surface area contributed by atoms with Crippen LogP contribution in [0.25, 0.3) is 0 Å². The van der Waals surface area contributed by atoms with Gasteiger partial charge in [0, 0.05) is 54.5 Å². The summed E-state index contributed by atoms with van der Waals surface area (Å²) in [5.41, 5.74) is 2.14. The fourth-order valence-electron chi connectivity index (χ4n) is 2.78. The highest BCUT2D eigenvalue weighted by Gasteiger charge is 2.23. The summed E-state index contributed by atoms with van der Waals surface area (Å²) in [6, 6.07) is 3.99. The topological polar surface area (TPSA) is 29.0 Å². The Morgan fingerprint density at radius 1 is 1.17 bits per heavy atom. The Morgan fingerprint density at radius 3 is 2.52 bits per heavy atom. The first-order valence-electron chi connectivity index (χ1n) is 7.85. The van der Waals surface area contributed by atoms with E-state index in [9.17, 15) is 8.78 Å². The third-order valence-corrected chi connectivity index (χ3v) is 4.13. The van der Waals surface area contributed by atoms with Gasteiger partial charge in [0.2, 0.25) is 0 Å². The van der Waals surface area contributed by atoms with Crippen LogP contribution in [0.5, 0.6) is 0 Å². The fourth-order valence-corrected chi connectivity index (χ4v) is 2.78. The highest BCUT2D eigenvalue weighted by molar-refractivity contribution is 5.24. The van der Waals surface area contributed by atoms with Crippen LogP contribution in [-0.2, 0) is 24.9 Å². The predicted molar refractivity (Wildman–Crippen MR) is 84.9 cm³/mol. The number of hydrogen-bond donors (Lipinski definition) is 0. The van der Waals surface area contributed by atoms with E-state index in [4.69, 9.17) is 0 Å². The van der Waals surface area contributed by atoms with Crippen LogP contribution in [0.1, 0.15) is 43.4 Å². The van der Waals surface area contributed by atoms with Gasteiger partial charge in [0.1, 0.15) is 17.5 Å². The predicted octanol–water partition coefficient (Wildman–Crippen LogP) is 3.61. The molecule has 0 spiro atoms. The molecule has 2 heterocycles. The van der Waals surface area contributed by atoms with E-state index in [-0.39, 0.29) is 17.5 Å². The fraction of sp³-hybridized carbons (Fsp3) is 0.444. The van der Waals surface area contributed by atoms with Gasteiger partial charge in [-0.2, -0.15) is 0 Å². The molecule has 1 aromatic carbocycles. The SMILES string of the molecule is CC(C)(C)c1ncc2c(n1)CCN(Cc1c(F)cccc1F)C2. The van der Waals surface area contributed by atoms with E-state index in [1.54, 1.807) is 0 Å². The Labute approximate surface area is 135 Å². The van der Waals surface area contributed by atoms with Crippen molar-refractivity contribution in [3.05, 3.63) is 58.7 Å². The maximum absolute atomic E-state index is 13.8. The van der Waals surface area contributed by atoms with E-state index < -0.39 is 11.6 Å². The molecule has 0 atom stereocenters. The Bertz CT molecular complexity index is 702. The van der Waals surface area contributed by atoms with Crippen LogP contribution in [0.15, 0.2) is 24.4 Å². The zero-order chi connectivity index (χ0) is 16.6. The molecule has 1 aliphatic rings. The summed E-state index contributed by atoms with van der Waals surface area (Å²) >= 11 is 0. The molecule has 0 amide bonds. The van der Waals surface area contributed by atoms with E-state index in [0.29, 0.717) is 6.54 Å². The van der Waals surface area contributed by atoms with Crippen molar-refractivity contribution in [1.29, 1.82) is 0 Å². The van der Waals surface area contributed by atoms with Gasteiger partial charge in [0.05, 0.1) is 0 Å². The van der Waals surface area contributed by atoms with Crippen molar-refractivity contribution in [2.75, 3.05) is 6.54 Å². The molecule has 0 saturated heterocycles. The van der Waals surface area contributed by atoms with Crippen molar-refractivity contribution >= 4 is 0 Å². The molecule has 0 bridgehead atoms. The molecule has 0 saturated carbocycles. The van der Waals surface area contributed by atoms with Gasteiger partial charge in [-0.25, -0.2) is 18.7 Å². The van der Waals surface area contributed by atoms with Gasteiger partial charge < -0.3 is 0 Å². The number of fused-ring (bicyclic) bond motifs is 1. The number of hydrogen-bond acceptors (Lipinski definition) is 3. The summed E-state index contributed by atoms with van der Waals surface area (Å²) in [7, 11) is 0. The van der Waals surface area contributed by atoms with Crippen LogP contribution in [0.2, 0.25) is 0 Å². The van der Waals surface area contributed by atoms with Crippen molar-refractivity contribution in [2.45, 2.75) is 45.7 Å². The van der Waals surface area contributed by atoms with E-state index >= 15 is 0 Å². The molecule has 3 nitrogen and oxygen atoms in total. The molecule has 5 heteroatoms. The minimum absolute atomic E-state index is 0.0809. The Morgan fingerprint density at radius 2 is 1.87 bits per heavy atom. The molecule has 0 fully saturated rings. The molecule has 2 aromatic rings. The second-order valence-corrected chi connectivity index (χ2v) is 7.08. The number of rotatable bonds is 2. The standard InChI is InChI=1S/C18H21F2N3/c1-18(2,3)17-21-9-12-10-23(8-7-16(12)22-17)11-13-14(19)5-4-6-15(13)20/h4-6,9H,7-8,10-11H2,1-3H3. The monoisotopic (exact) mass is 317 g/mol. The zero-order valence-electron chi connectivity index (χ0n) is 13.7. The number of halogens is 2. The molecule has 1 aromatic heterocycles. The van der Waals surface area contributed by atoms with Crippen LogP contribution in [-0.4, -0.2) is 21.4 Å². The number of benzene rings is 1. The van der Waals surface area contributed by atoms with Gasteiger partial charge in [0.25, 0.3) is 0 Å². The van der Waals surface area contributed by atoms with Gasteiger partial charge in [0.15, 0.2) is 0 Å². The molecule has 1 aliphatic heterocycles. The number of nitrogens with zero attached hydrogens (tertiary/aromatic N) is 3. The maximum atomic E-state index is 13.8. The van der Waals surface area contributed by atoms with Crippen molar-refractivity contribution in [3.8, 4) is 0 Å². The quantitative estimate of drug-likeness (QED) is 0.847. The third-order valence-electron chi connectivity index (χ3n) is 4.13. The van der Waals surface area contributed by atoms with E-state index in [1.165, 1.54) is 18.2 Å². The van der Waals surface area contributed by atoms with Gasteiger partial charge in [-0.3, -0.25) is 4.90 Å². The van der Waals surface area contributed by atoms with Gasteiger partial charge in [-0.15, -0.1) is 0 Å². The smallest absolute Gasteiger partial charge is 0.133 e. The molecule has 122 valence electrons. The second-order valence-electron chi connectivity index (χ2n) is 7.08. The Kier molecular flexibility index (Phi) is 4.15. The molecule has 23 heavy (non-hydrogen) atoms. The zero-order valence-corrected chi connectivity index (χ0v) is 13.7. The van der Waals surface area contributed by atoms with Crippen LogP contribution in [0.4, 0.5) is 8.78 Å². The summed E-state index contributed by atoms with van der Waals surface area (Å²) in [6.45, 7) is 7.88. The van der Waals surface area contributed by atoms with Gasteiger partial charge >= 0.3 is 0 Å². The first kappa shape index (κ1) is 16.0. The average molecular weight is 317 g/mol. The summed E-state index contributed by atoms with van der Waals surface area (Å²) in [5, 5.41) is 0. The third kappa shape index (κ3) is 3.39. The number of aromatic nitrogens is 2. The molecular formula is C18H21F2N3. The molecule has 0 aliphatic carbocycles. The minimum Gasteiger partial charge on any atom is -0.294 e. The first-order valence-corrected chi connectivity index (χ1v) is 7.85. The second kappa shape index (κ2) is 5.96. The molecule has 0 unspecified atom stereocenters. The van der Waals surface area contributed by atoms with E-state index in [0.717, 1.165) is 30.0 Å². The summed E-state index contributed by atoms with van der Waals surface area (Å²) in [4.78, 5) is 11.2. The molecule has 0 N–H and O–H groups in total. The molecule has 3 rings (SSSR count). The van der Waals surface area contributed by atoms with Gasteiger partial charge in [-0.1, -0.05) is 26.8 Å². The first-order chi connectivity index (χ1) is 10.8. The van der Waals surface area contributed by atoms with Crippen molar-refractivity contribution in [3.63, 3.8) is 0 Å². The van der Waals surface area contributed by atoms with Crippen molar-refractivity contribution in [2.24, 2.45) is 0 Å². The normalized spacial score (nSPS) is 15.5. The largest absolute Gasteiger partial charge is 0.294 e. The van der Waals surface area contributed by atoms with Crippen molar-refractivity contribution in [1.82, 2.24) is 14.9 Å². The van der Waals surface area contributed by atoms with Gasteiger partial charge in [-0.05, 0) is 12.1 Å². The lowest BCUT2D eigenvalue weighted by atomic mass is 9.95. The summed E-state index contributed by atoms with van der Waals surface area (Å²) in [5.74, 6) is -0.143. The highest BCUT2D eigenvalue weighted by atomic mass is 19.1. The summed E-state index contributed by atoms with van der Waals surface area (Å²) in [6.07, 6.45) is 2.63. The molecular weight excluding hydrogens is 296 g/mol. The Hall–Kier alpha value is -1.88.